The first kappa shape index (κ1) is 13.6. The normalized spacial score (nSPS) is 10.4. The maximum Gasteiger partial charge on any atom is 0.145 e. The van der Waals surface area contributed by atoms with E-state index in [9.17, 15) is 4.39 Å². The van der Waals surface area contributed by atoms with E-state index in [-0.39, 0.29) is 5.82 Å². The Morgan fingerprint density at radius 2 is 1.89 bits per heavy atom. The lowest BCUT2D eigenvalue weighted by Gasteiger charge is -2.10. The molecule has 2 rings (SSSR count). The maximum absolute atomic E-state index is 13.4. The van der Waals surface area contributed by atoms with Crippen molar-refractivity contribution < 1.29 is 9.13 Å². The van der Waals surface area contributed by atoms with Gasteiger partial charge in [-0.3, -0.25) is 0 Å². The fourth-order valence-corrected chi connectivity index (χ4v) is 2.17. The van der Waals surface area contributed by atoms with E-state index < -0.39 is 0 Å². The van der Waals surface area contributed by atoms with Crippen molar-refractivity contribution in [3.8, 4) is 5.75 Å². The highest BCUT2D eigenvalue weighted by Gasteiger charge is 2.07. The molecule has 5 heteroatoms. The van der Waals surface area contributed by atoms with Gasteiger partial charge in [0.05, 0.1) is 9.26 Å². The highest BCUT2D eigenvalue weighted by atomic mass is 127. The van der Waals surface area contributed by atoms with Crippen LogP contribution in [-0.4, -0.2) is 0 Å². The molecule has 0 aromatic heterocycles. The minimum Gasteiger partial charge on any atom is -0.487 e. The van der Waals surface area contributed by atoms with Gasteiger partial charge < -0.3 is 10.5 Å². The molecular weight excluding hydrogens is 412 g/mol. The SMILES string of the molecule is Nc1cc(I)c(F)cc1OCc1ccc(Br)cc1. The summed E-state index contributed by atoms with van der Waals surface area (Å²) in [6.07, 6.45) is 0. The molecule has 0 spiro atoms. The van der Waals surface area contributed by atoms with Crippen LogP contribution in [0.1, 0.15) is 5.56 Å². The van der Waals surface area contributed by atoms with E-state index in [4.69, 9.17) is 10.5 Å². The van der Waals surface area contributed by atoms with Crippen molar-refractivity contribution in [2.45, 2.75) is 6.61 Å². The second-order valence-corrected chi connectivity index (χ2v) is 5.80. The molecule has 0 saturated carbocycles. The van der Waals surface area contributed by atoms with E-state index in [1.807, 2.05) is 46.9 Å². The van der Waals surface area contributed by atoms with Crippen LogP contribution in [0.2, 0.25) is 0 Å². The fourth-order valence-electron chi connectivity index (χ4n) is 1.41. The highest BCUT2D eigenvalue weighted by Crippen LogP contribution is 2.27. The molecule has 0 atom stereocenters. The molecule has 0 heterocycles. The second kappa shape index (κ2) is 5.88. The number of benzene rings is 2. The van der Waals surface area contributed by atoms with Gasteiger partial charge in [-0.25, -0.2) is 4.39 Å². The number of nitrogen functional groups attached to an aromatic ring is 1. The predicted molar refractivity (Wildman–Crippen MR) is 82.0 cm³/mol. The van der Waals surface area contributed by atoms with Gasteiger partial charge in [0.25, 0.3) is 0 Å². The minimum absolute atomic E-state index is 0.324. The molecule has 2 aromatic rings. The van der Waals surface area contributed by atoms with E-state index in [0.717, 1.165) is 10.0 Å². The van der Waals surface area contributed by atoms with Gasteiger partial charge in [-0.2, -0.15) is 0 Å². The third-order valence-electron chi connectivity index (χ3n) is 2.36. The number of halogens is 3. The summed E-state index contributed by atoms with van der Waals surface area (Å²) in [4.78, 5) is 0. The van der Waals surface area contributed by atoms with Gasteiger partial charge in [-0.1, -0.05) is 28.1 Å². The van der Waals surface area contributed by atoms with Crippen LogP contribution in [0.3, 0.4) is 0 Å². The standard InChI is InChI=1S/C13H10BrFINO/c14-9-3-1-8(2-4-9)7-18-13-5-10(15)11(16)6-12(13)17/h1-6H,7,17H2. The number of nitrogens with two attached hydrogens (primary N) is 1. The van der Waals surface area contributed by atoms with Gasteiger partial charge in [0, 0.05) is 10.5 Å². The Morgan fingerprint density at radius 3 is 2.56 bits per heavy atom. The lowest BCUT2D eigenvalue weighted by atomic mass is 10.2. The summed E-state index contributed by atoms with van der Waals surface area (Å²) in [6.45, 7) is 0.359. The molecule has 0 aliphatic rings. The van der Waals surface area contributed by atoms with Crippen molar-refractivity contribution in [2.24, 2.45) is 0 Å². The van der Waals surface area contributed by atoms with Crippen molar-refractivity contribution in [2.75, 3.05) is 5.73 Å². The first-order valence-electron chi connectivity index (χ1n) is 5.18. The molecule has 0 saturated heterocycles. The Kier molecular flexibility index (Phi) is 4.45. The molecule has 0 aliphatic carbocycles. The summed E-state index contributed by atoms with van der Waals surface area (Å²) in [6, 6.07) is 10.6. The predicted octanol–water partition coefficient (Wildman–Crippen LogP) is 4.35. The topological polar surface area (TPSA) is 35.2 Å². The van der Waals surface area contributed by atoms with E-state index in [1.165, 1.54) is 6.07 Å². The zero-order chi connectivity index (χ0) is 13.1. The zero-order valence-corrected chi connectivity index (χ0v) is 13.0. The van der Waals surface area contributed by atoms with Crippen LogP contribution in [0.4, 0.5) is 10.1 Å². The van der Waals surface area contributed by atoms with Crippen LogP contribution in [0.5, 0.6) is 5.75 Å². The Morgan fingerprint density at radius 1 is 1.22 bits per heavy atom. The van der Waals surface area contributed by atoms with Gasteiger partial charge in [0.1, 0.15) is 18.2 Å². The van der Waals surface area contributed by atoms with E-state index in [2.05, 4.69) is 15.9 Å². The molecule has 0 bridgehead atoms. The average molecular weight is 422 g/mol. The van der Waals surface area contributed by atoms with Gasteiger partial charge in [-0.05, 0) is 46.4 Å². The molecule has 94 valence electrons. The fraction of sp³-hybridized carbons (Fsp3) is 0.0769. The van der Waals surface area contributed by atoms with Crippen LogP contribution in [0.15, 0.2) is 40.9 Å². The largest absolute Gasteiger partial charge is 0.487 e. The van der Waals surface area contributed by atoms with Crippen LogP contribution in [-0.2, 0) is 6.61 Å². The lowest BCUT2D eigenvalue weighted by molar-refractivity contribution is 0.306. The molecule has 18 heavy (non-hydrogen) atoms. The third kappa shape index (κ3) is 3.35. The third-order valence-corrected chi connectivity index (χ3v) is 3.72. The quantitative estimate of drug-likeness (QED) is 0.590. The van der Waals surface area contributed by atoms with Gasteiger partial charge in [0.2, 0.25) is 0 Å². The van der Waals surface area contributed by atoms with Crippen molar-refractivity contribution in [3.63, 3.8) is 0 Å². The van der Waals surface area contributed by atoms with E-state index in [1.54, 1.807) is 6.07 Å². The summed E-state index contributed by atoms with van der Waals surface area (Å²) < 4.78 is 20.4. The minimum atomic E-state index is -0.324. The smallest absolute Gasteiger partial charge is 0.145 e. The van der Waals surface area contributed by atoms with Crippen LogP contribution >= 0.6 is 38.5 Å². The maximum atomic E-state index is 13.4. The van der Waals surface area contributed by atoms with Gasteiger partial charge in [-0.15, -0.1) is 0 Å². The van der Waals surface area contributed by atoms with E-state index >= 15 is 0 Å². The molecule has 0 aliphatic heterocycles. The van der Waals surface area contributed by atoms with Crippen molar-refractivity contribution >= 4 is 44.2 Å². The average Bonchev–Trinajstić information content (AvgIpc) is 2.34. The highest BCUT2D eigenvalue weighted by molar-refractivity contribution is 14.1. The summed E-state index contributed by atoms with van der Waals surface area (Å²) in [5.41, 5.74) is 7.21. The van der Waals surface area contributed by atoms with Crippen LogP contribution in [0, 0.1) is 9.39 Å². The molecule has 0 radical (unpaired) electrons. The number of rotatable bonds is 3. The first-order chi connectivity index (χ1) is 8.56. The van der Waals surface area contributed by atoms with E-state index in [0.29, 0.717) is 21.6 Å². The Balaban J connectivity index is 2.10. The Hall–Kier alpha value is -0.820. The van der Waals surface area contributed by atoms with Crippen LogP contribution in [0.25, 0.3) is 0 Å². The number of ether oxygens (including phenoxy) is 1. The number of anilines is 1. The second-order valence-electron chi connectivity index (χ2n) is 3.72. The van der Waals surface area contributed by atoms with Crippen molar-refractivity contribution in [3.05, 3.63) is 55.8 Å². The molecule has 0 fully saturated rings. The first-order valence-corrected chi connectivity index (χ1v) is 7.05. The van der Waals surface area contributed by atoms with Crippen LogP contribution < -0.4 is 10.5 Å². The molecule has 2 nitrogen and oxygen atoms in total. The Labute approximate surface area is 127 Å². The summed E-state index contributed by atoms with van der Waals surface area (Å²) in [5, 5.41) is 0. The zero-order valence-electron chi connectivity index (χ0n) is 9.29. The summed E-state index contributed by atoms with van der Waals surface area (Å²) in [7, 11) is 0. The van der Waals surface area contributed by atoms with Crippen molar-refractivity contribution in [1.82, 2.24) is 0 Å². The summed E-state index contributed by atoms with van der Waals surface area (Å²) in [5.74, 6) is 0.0476. The number of hydrogen-bond donors (Lipinski definition) is 1. The molecule has 0 amide bonds. The number of hydrogen-bond acceptors (Lipinski definition) is 2. The Bertz CT molecular complexity index is 560. The molecular formula is C13H10BrFINO. The van der Waals surface area contributed by atoms with Gasteiger partial charge >= 0.3 is 0 Å². The monoisotopic (exact) mass is 421 g/mol. The molecule has 0 unspecified atom stereocenters. The van der Waals surface area contributed by atoms with Gasteiger partial charge in [0.15, 0.2) is 0 Å². The van der Waals surface area contributed by atoms with Crippen molar-refractivity contribution in [1.29, 1.82) is 0 Å². The molecule has 2 aromatic carbocycles. The molecule has 2 N–H and O–H groups in total. The summed E-state index contributed by atoms with van der Waals surface area (Å²) >= 11 is 5.25. The lowest BCUT2D eigenvalue weighted by Crippen LogP contribution is -2.00.